The molecule has 1 fully saturated rings. The fourth-order valence-corrected chi connectivity index (χ4v) is 1.62. The van der Waals surface area contributed by atoms with Crippen molar-refractivity contribution >= 4 is 11.8 Å². The Kier molecular flexibility index (Phi) is 4.70. The molecule has 1 rings (SSSR count). The van der Waals surface area contributed by atoms with Gasteiger partial charge in [-0.3, -0.25) is 9.59 Å². The zero-order chi connectivity index (χ0) is 12.1. The lowest BCUT2D eigenvalue weighted by Gasteiger charge is -2.33. The number of nitrogens with zero attached hydrogens (tertiary/aromatic N) is 2. The summed E-state index contributed by atoms with van der Waals surface area (Å²) in [5.41, 5.74) is 5.53. The molecule has 0 aromatic rings. The van der Waals surface area contributed by atoms with Gasteiger partial charge in [-0.1, -0.05) is 0 Å². The summed E-state index contributed by atoms with van der Waals surface area (Å²) in [7, 11) is 1.63. The molecule has 0 aliphatic carbocycles. The first-order valence-corrected chi connectivity index (χ1v) is 5.46. The second-order valence-electron chi connectivity index (χ2n) is 3.79. The van der Waals surface area contributed by atoms with E-state index in [-0.39, 0.29) is 6.10 Å². The Balaban J connectivity index is 2.54. The highest BCUT2D eigenvalue weighted by Crippen LogP contribution is 2.05. The van der Waals surface area contributed by atoms with E-state index in [9.17, 15) is 9.59 Å². The van der Waals surface area contributed by atoms with E-state index in [0.717, 1.165) is 0 Å². The van der Waals surface area contributed by atoms with E-state index in [0.29, 0.717) is 32.8 Å². The van der Waals surface area contributed by atoms with Crippen LogP contribution in [0.2, 0.25) is 0 Å². The van der Waals surface area contributed by atoms with E-state index >= 15 is 0 Å². The molecular formula is C10H19N3O3. The van der Waals surface area contributed by atoms with Gasteiger partial charge in [-0.2, -0.15) is 0 Å². The lowest BCUT2D eigenvalue weighted by molar-refractivity contribution is -0.156. The van der Waals surface area contributed by atoms with Gasteiger partial charge in [0, 0.05) is 39.8 Å². The quantitative estimate of drug-likeness (QED) is 0.591. The standard InChI is InChI=1S/C10H19N3O3/c1-3-16-8(6-11)7-13-5-4-12(2)9(14)10(13)15/h8H,3-7,11H2,1-2H3. The summed E-state index contributed by atoms with van der Waals surface area (Å²) >= 11 is 0. The number of piperazine rings is 1. The van der Waals surface area contributed by atoms with Gasteiger partial charge in [0.2, 0.25) is 0 Å². The second-order valence-corrected chi connectivity index (χ2v) is 3.79. The Bertz CT molecular complexity index is 270. The van der Waals surface area contributed by atoms with Gasteiger partial charge in [0.1, 0.15) is 0 Å². The van der Waals surface area contributed by atoms with Crippen LogP contribution in [-0.2, 0) is 14.3 Å². The van der Waals surface area contributed by atoms with Crippen molar-refractivity contribution in [2.24, 2.45) is 5.73 Å². The molecule has 2 N–H and O–H groups in total. The molecule has 1 aliphatic heterocycles. The molecule has 92 valence electrons. The van der Waals surface area contributed by atoms with Crippen molar-refractivity contribution in [1.82, 2.24) is 9.80 Å². The van der Waals surface area contributed by atoms with Crippen LogP contribution in [-0.4, -0.2) is 67.6 Å². The zero-order valence-corrected chi connectivity index (χ0v) is 9.81. The Morgan fingerprint density at radius 2 is 2.06 bits per heavy atom. The molecule has 0 spiro atoms. The summed E-state index contributed by atoms with van der Waals surface area (Å²) in [6.45, 7) is 4.28. The van der Waals surface area contributed by atoms with Gasteiger partial charge >= 0.3 is 11.8 Å². The molecular weight excluding hydrogens is 210 g/mol. The number of carbonyl (C=O) groups is 2. The maximum Gasteiger partial charge on any atom is 0.312 e. The number of likely N-dealkylation sites (N-methyl/N-ethyl adjacent to an activating group) is 1. The van der Waals surface area contributed by atoms with Gasteiger partial charge in [0.15, 0.2) is 0 Å². The average molecular weight is 229 g/mol. The minimum Gasteiger partial charge on any atom is -0.375 e. The molecule has 0 aromatic carbocycles. The third-order valence-electron chi connectivity index (χ3n) is 2.61. The second kappa shape index (κ2) is 5.81. The van der Waals surface area contributed by atoms with Gasteiger partial charge < -0.3 is 20.3 Å². The fraction of sp³-hybridized carbons (Fsp3) is 0.800. The van der Waals surface area contributed by atoms with E-state index < -0.39 is 11.8 Å². The maximum atomic E-state index is 11.6. The Labute approximate surface area is 95.3 Å². The lowest BCUT2D eigenvalue weighted by atomic mass is 10.2. The van der Waals surface area contributed by atoms with Crippen LogP contribution in [0.1, 0.15) is 6.92 Å². The summed E-state index contributed by atoms with van der Waals surface area (Å²) in [4.78, 5) is 26.0. The normalized spacial score (nSPS) is 19.2. The number of nitrogens with two attached hydrogens (primary N) is 1. The van der Waals surface area contributed by atoms with E-state index in [1.54, 1.807) is 7.05 Å². The van der Waals surface area contributed by atoms with Crippen molar-refractivity contribution in [3.63, 3.8) is 0 Å². The molecule has 2 amide bonds. The molecule has 1 aliphatic rings. The van der Waals surface area contributed by atoms with Crippen LogP contribution < -0.4 is 5.73 Å². The fourth-order valence-electron chi connectivity index (χ4n) is 1.62. The third kappa shape index (κ3) is 2.93. The predicted molar refractivity (Wildman–Crippen MR) is 58.7 cm³/mol. The van der Waals surface area contributed by atoms with Gasteiger partial charge in [-0.15, -0.1) is 0 Å². The lowest BCUT2D eigenvalue weighted by Crippen LogP contribution is -2.55. The molecule has 1 unspecified atom stereocenters. The molecule has 0 aromatic heterocycles. The van der Waals surface area contributed by atoms with Crippen molar-refractivity contribution in [3.8, 4) is 0 Å². The van der Waals surface area contributed by atoms with Crippen molar-refractivity contribution in [3.05, 3.63) is 0 Å². The summed E-state index contributed by atoms with van der Waals surface area (Å²) in [6.07, 6.45) is -0.190. The predicted octanol–water partition coefficient (Wildman–Crippen LogP) is -1.35. The number of ether oxygens (including phenoxy) is 1. The van der Waals surface area contributed by atoms with Gasteiger partial charge in [0.25, 0.3) is 0 Å². The minimum atomic E-state index is -0.466. The molecule has 6 nitrogen and oxygen atoms in total. The van der Waals surface area contributed by atoms with Crippen LogP contribution in [0.15, 0.2) is 0 Å². The summed E-state index contributed by atoms with van der Waals surface area (Å²) in [6, 6.07) is 0. The summed E-state index contributed by atoms with van der Waals surface area (Å²) in [5, 5.41) is 0. The monoisotopic (exact) mass is 229 g/mol. The molecule has 0 radical (unpaired) electrons. The molecule has 1 saturated heterocycles. The minimum absolute atomic E-state index is 0.190. The van der Waals surface area contributed by atoms with Crippen molar-refractivity contribution in [2.45, 2.75) is 13.0 Å². The Hall–Kier alpha value is -1.14. The average Bonchev–Trinajstić information content (AvgIpc) is 2.29. The first-order chi connectivity index (χ1) is 7.60. The highest BCUT2D eigenvalue weighted by molar-refractivity contribution is 6.35. The van der Waals surface area contributed by atoms with Gasteiger partial charge in [-0.25, -0.2) is 0 Å². The van der Waals surface area contributed by atoms with E-state index in [1.165, 1.54) is 9.80 Å². The number of carbonyl (C=O) groups excluding carboxylic acids is 2. The topological polar surface area (TPSA) is 75.9 Å². The van der Waals surface area contributed by atoms with Gasteiger partial charge in [0.05, 0.1) is 6.10 Å². The van der Waals surface area contributed by atoms with E-state index in [4.69, 9.17) is 10.5 Å². The van der Waals surface area contributed by atoms with Crippen LogP contribution in [0, 0.1) is 0 Å². The number of hydrogen-bond donors (Lipinski definition) is 1. The van der Waals surface area contributed by atoms with Crippen molar-refractivity contribution in [1.29, 1.82) is 0 Å². The first kappa shape index (κ1) is 12.9. The molecule has 0 bridgehead atoms. The smallest absolute Gasteiger partial charge is 0.312 e. The SMILES string of the molecule is CCOC(CN)CN1CCN(C)C(=O)C1=O. The molecule has 0 saturated carbocycles. The number of hydrogen-bond acceptors (Lipinski definition) is 4. The summed E-state index contributed by atoms with van der Waals surface area (Å²) < 4.78 is 5.36. The molecule has 6 heteroatoms. The maximum absolute atomic E-state index is 11.6. The van der Waals surface area contributed by atoms with E-state index in [1.807, 2.05) is 6.92 Å². The highest BCUT2D eigenvalue weighted by Gasteiger charge is 2.31. The van der Waals surface area contributed by atoms with Gasteiger partial charge in [-0.05, 0) is 6.92 Å². The molecule has 16 heavy (non-hydrogen) atoms. The van der Waals surface area contributed by atoms with Crippen molar-refractivity contribution < 1.29 is 14.3 Å². The highest BCUT2D eigenvalue weighted by atomic mass is 16.5. The first-order valence-electron chi connectivity index (χ1n) is 5.46. The number of rotatable bonds is 5. The summed E-state index contributed by atoms with van der Waals surface area (Å²) in [5.74, 6) is -0.926. The van der Waals surface area contributed by atoms with Crippen molar-refractivity contribution in [2.75, 3.05) is 39.8 Å². The van der Waals surface area contributed by atoms with Crippen LogP contribution in [0.4, 0.5) is 0 Å². The van der Waals surface area contributed by atoms with Crippen LogP contribution >= 0.6 is 0 Å². The Morgan fingerprint density at radius 3 is 2.62 bits per heavy atom. The van der Waals surface area contributed by atoms with Crippen LogP contribution in [0.25, 0.3) is 0 Å². The zero-order valence-electron chi connectivity index (χ0n) is 9.81. The van der Waals surface area contributed by atoms with Crippen LogP contribution in [0.5, 0.6) is 0 Å². The molecule has 1 heterocycles. The van der Waals surface area contributed by atoms with Crippen LogP contribution in [0.3, 0.4) is 0 Å². The van der Waals surface area contributed by atoms with E-state index in [2.05, 4.69) is 0 Å². The third-order valence-corrected chi connectivity index (χ3v) is 2.61. The Morgan fingerprint density at radius 1 is 1.38 bits per heavy atom. The largest absolute Gasteiger partial charge is 0.375 e. The molecule has 1 atom stereocenters. The number of amides is 2.